The molecule has 2 heteroatoms. The van der Waals surface area contributed by atoms with Crippen molar-refractivity contribution in [3.8, 4) is 0 Å². The molecule has 1 saturated heterocycles. The van der Waals surface area contributed by atoms with Crippen LogP contribution in [0.4, 0.5) is 0 Å². The van der Waals surface area contributed by atoms with Gasteiger partial charge in [-0.3, -0.25) is 9.69 Å². The summed E-state index contributed by atoms with van der Waals surface area (Å²) in [5.41, 5.74) is 3.38. The predicted octanol–water partition coefficient (Wildman–Crippen LogP) is 4.06. The second-order valence-corrected chi connectivity index (χ2v) is 6.28. The molecule has 1 heterocycles. The van der Waals surface area contributed by atoms with Crippen molar-refractivity contribution in [2.45, 2.75) is 25.7 Å². The van der Waals surface area contributed by atoms with E-state index in [0.29, 0.717) is 12.5 Å². The van der Waals surface area contributed by atoms with Crippen molar-refractivity contribution in [2.24, 2.45) is 0 Å². The van der Waals surface area contributed by atoms with Crippen LogP contribution in [-0.2, 0) is 0 Å². The number of carbonyl (C=O) groups is 1. The molecule has 0 N–H and O–H groups in total. The Labute approximate surface area is 132 Å². The average molecular weight is 293 g/mol. The van der Waals surface area contributed by atoms with Gasteiger partial charge in [-0.25, -0.2) is 0 Å². The Balaban J connectivity index is 1.64. The van der Waals surface area contributed by atoms with Crippen molar-refractivity contribution >= 4 is 5.78 Å². The fourth-order valence-electron chi connectivity index (χ4n) is 3.31. The van der Waals surface area contributed by atoms with E-state index in [1.165, 1.54) is 18.4 Å². The molecule has 0 amide bonds. The van der Waals surface area contributed by atoms with Crippen LogP contribution in [0.15, 0.2) is 54.6 Å². The molecular weight excluding hydrogens is 270 g/mol. The van der Waals surface area contributed by atoms with Crippen LogP contribution in [0.5, 0.6) is 0 Å². The van der Waals surface area contributed by atoms with Gasteiger partial charge in [0, 0.05) is 12.1 Å². The fraction of sp³-hybridized carbons (Fsp3) is 0.350. The fourth-order valence-corrected chi connectivity index (χ4v) is 3.31. The molecule has 1 unspecified atom stereocenters. The molecule has 2 aromatic carbocycles. The van der Waals surface area contributed by atoms with Gasteiger partial charge < -0.3 is 0 Å². The quantitative estimate of drug-likeness (QED) is 0.792. The number of ketones is 1. The van der Waals surface area contributed by atoms with Gasteiger partial charge in [-0.2, -0.15) is 0 Å². The lowest BCUT2D eigenvalue weighted by Gasteiger charge is -2.32. The van der Waals surface area contributed by atoms with E-state index in [2.05, 4.69) is 35.2 Å². The first-order valence-corrected chi connectivity index (χ1v) is 8.09. The van der Waals surface area contributed by atoms with Crippen LogP contribution in [0.1, 0.15) is 40.2 Å². The largest absolute Gasteiger partial charge is 0.295 e. The zero-order valence-electron chi connectivity index (χ0n) is 13.2. The molecule has 0 saturated carbocycles. The zero-order chi connectivity index (χ0) is 15.4. The molecule has 2 nitrogen and oxygen atoms in total. The van der Waals surface area contributed by atoms with Crippen molar-refractivity contribution in [3.63, 3.8) is 0 Å². The lowest BCUT2D eigenvalue weighted by molar-refractivity contribution is 0.0906. The minimum absolute atomic E-state index is 0.234. The Hall–Kier alpha value is -1.93. The van der Waals surface area contributed by atoms with Gasteiger partial charge in [-0.05, 0) is 43.9 Å². The molecule has 2 aromatic rings. The summed E-state index contributed by atoms with van der Waals surface area (Å²) in [6.07, 6.45) is 2.39. The molecule has 3 rings (SSSR count). The molecule has 1 aliphatic heterocycles. The molecule has 22 heavy (non-hydrogen) atoms. The van der Waals surface area contributed by atoms with E-state index < -0.39 is 0 Å². The maximum Gasteiger partial charge on any atom is 0.176 e. The third kappa shape index (κ3) is 3.63. The van der Waals surface area contributed by atoms with E-state index in [0.717, 1.165) is 24.2 Å². The highest BCUT2D eigenvalue weighted by Gasteiger charge is 2.23. The minimum atomic E-state index is 0.234. The lowest BCUT2D eigenvalue weighted by atomic mass is 9.90. The number of hydrogen-bond donors (Lipinski definition) is 0. The zero-order valence-corrected chi connectivity index (χ0v) is 13.2. The standard InChI is InChI=1S/C20H23NO/c1-16-7-5-10-18(13-16)20(22)15-21-12-6-11-19(14-21)17-8-3-2-4-9-17/h2-5,7-10,13,19H,6,11-12,14-15H2,1H3. The Morgan fingerprint density at radius 3 is 2.73 bits per heavy atom. The minimum Gasteiger partial charge on any atom is -0.295 e. The summed E-state index contributed by atoms with van der Waals surface area (Å²) in [6.45, 7) is 4.58. The summed E-state index contributed by atoms with van der Waals surface area (Å²) < 4.78 is 0. The van der Waals surface area contributed by atoms with Crippen LogP contribution in [0, 0.1) is 6.92 Å². The van der Waals surface area contributed by atoms with Gasteiger partial charge in [0.15, 0.2) is 5.78 Å². The number of rotatable bonds is 4. The average Bonchev–Trinajstić information content (AvgIpc) is 2.56. The molecule has 0 radical (unpaired) electrons. The molecule has 0 aromatic heterocycles. The van der Waals surface area contributed by atoms with E-state index in [4.69, 9.17) is 0 Å². The normalized spacial score (nSPS) is 19.0. The molecule has 0 spiro atoms. The molecule has 0 bridgehead atoms. The van der Waals surface area contributed by atoms with Crippen LogP contribution >= 0.6 is 0 Å². The second kappa shape index (κ2) is 6.89. The van der Waals surface area contributed by atoms with Gasteiger partial charge in [-0.1, -0.05) is 54.1 Å². The first-order chi connectivity index (χ1) is 10.7. The number of piperidine rings is 1. The van der Waals surface area contributed by atoms with Gasteiger partial charge in [-0.15, -0.1) is 0 Å². The van der Waals surface area contributed by atoms with Crippen molar-refractivity contribution in [1.29, 1.82) is 0 Å². The smallest absolute Gasteiger partial charge is 0.176 e. The number of benzene rings is 2. The predicted molar refractivity (Wildman–Crippen MR) is 90.4 cm³/mol. The first kappa shape index (κ1) is 15.0. The van der Waals surface area contributed by atoms with Crippen LogP contribution in [0.25, 0.3) is 0 Å². The van der Waals surface area contributed by atoms with Crippen molar-refractivity contribution in [1.82, 2.24) is 4.90 Å². The summed E-state index contributed by atoms with van der Waals surface area (Å²) in [6, 6.07) is 18.6. The summed E-state index contributed by atoms with van der Waals surface area (Å²) in [4.78, 5) is 14.8. The van der Waals surface area contributed by atoms with E-state index >= 15 is 0 Å². The lowest BCUT2D eigenvalue weighted by Crippen LogP contribution is -2.38. The van der Waals surface area contributed by atoms with Crippen molar-refractivity contribution < 1.29 is 4.79 Å². The number of Topliss-reactive ketones (excluding diaryl/α,β-unsaturated/α-hetero) is 1. The Kier molecular flexibility index (Phi) is 4.69. The van der Waals surface area contributed by atoms with Gasteiger partial charge in [0.1, 0.15) is 0 Å². The van der Waals surface area contributed by atoms with Crippen LogP contribution in [0.2, 0.25) is 0 Å². The van der Waals surface area contributed by atoms with Gasteiger partial charge in [0.25, 0.3) is 0 Å². The maximum absolute atomic E-state index is 12.5. The number of hydrogen-bond acceptors (Lipinski definition) is 2. The van der Waals surface area contributed by atoms with Crippen LogP contribution in [-0.4, -0.2) is 30.3 Å². The monoisotopic (exact) mass is 293 g/mol. The van der Waals surface area contributed by atoms with E-state index in [9.17, 15) is 4.79 Å². The number of likely N-dealkylation sites (tertiary alicyclic amines) is 1. The highest BCUT2D eigenvalue weighted by atomic mass is 16.1. The Bertz CT molecular complexity index is 635. The summed E-state index contributed by atoms with van der Waals surface area (Å²) in [7, 11) is 0. The first-order valence-electron chi connectivity index (χ1n) is 8.09. The third-order valence-corrected chi connectivity index (χ3v) is 4.48. The molecule has 114 valence electrons. The SMILES string of the molecule is Cc1cccc(C(=O)CN2CCCC(c3ccccc3)C2)c1. The highest BCUT2D eigenvalue weighted by molar-refractivity contribution is 5.97. The third-order valence-electron chi connectivity index (χ3n) is 4.48. The van der Waals surface area contributed by atoms with Crippen LogP contribution < -0.4 is 0 Å². The van der Waals surface area contributed by atoms with E-state index in [1.807, 2.05) is 31.2 Å². The topological polar surface area (TPSA) is 20.3 Å². The van der Waals surface area contributed by atoms with E-state index in [1.54, 1.807) is 0 Å². The maximum atomic E-state index is 12.5. The summed E-state index contributed by atoms with van der Waals surface area (Å²) >= 11 is 0. The molecule has 1 fully saturated rings. The van der Waals surface area contributed by atoms with Crippen LogP contribution in [0.3, 0.4) is 0 Å². The molecule has 0 aliphatic carbocycles. The second-order valence-electron chi connectivity index (χ2n) is 6.28. The molecule has 1 atom stereocenters. The van der Waals surface area contributed by atoms with Gasteiger partial charge >= 0.3 is 0 Å². The molecule has 1 aliphatic rings. The summed E-state index contributed by atoms with van der Waals surface area (Å²) in [5, 5.41) is 0. The van der Waals surface area contributed by atoms with Gasteiger partial charge in [0.2, 0.25) is 0 Å². The van der Waals surface area contributed by atoms with E-state index in [-0.39, 0.29) is 5.78 Å². The molecular formula is C20H23NO. The Morgan fingerprint density at radius 1 is 1.14 bits per heavy atom. The number of aryl methyl sites for hydroxylation is 1. The number of nitrogens with zero attached hydrogens (tertiary/aromatic N) is 1. The van der Waals surface area contributed by atoms with Crippen molar-refractivity contribution in [3.05, 3.63) is 71.3 Å². The highest BCUT2D eigenvalue weighted by Crippen LogP contribution is 2.26. The number of carbonyl (C=O) groups excluding carboxylic acids is 1. The summed E-state index contributed by atoms with van der Waals surface area (Å²) in [5.74, 6) is 0.790. The van der Waals surface area contributed by atoms with Gasteiger partial charge in [0.05, 0.1) is 6.54 Å². The van der Waals surface area contributed by atoms with Crippen molar-refractivity contribution in [2.75, 3.05) is 19.6 Å². The Morgan fingerprint density at radius 2 is 1.95 bits per heavy atom.